The highest BCUT2D eigenvalue weighted by molar-refractivity contribution is 5.72. The lowest BCUT2D eigenvalue weighted by atomic mass is 10.1. The molecule has 0 N–H and O–H groups in total. The highest BCUT2D eigenvalue weighted by Gasteiger charge is 2.23. The third-order valence-electron chi connectivity index (χ3n) is 1.94. The molecule has 1 saturated heterocycles. The Balaban J connectivity index is 2.12. The van der Waals surface area contributed by atoms with Crippen LogP contribution in [0.5, 0.6) is 0 Å². The number of ether oxygens (including phenoxy) is 2. The highest BCUT2D eigenvalue weighted by Crippen LogP contribution is 2.18. The Labute approximate surface area is 77.2 Å². The molecular weight excluding hydrogens is 172 g/mol. The minimum Gasteiger partial charge on any atom is -0.466 e. The third-order valence-corrected chi connectivity index (χ3v) is 1.94. The summed E-state index contributed by atoms with van der Waals surface area (Å²) in [5, 5.41) is 0. The Morgan fingerprint density at radius 3 is 3.00 bits per heavy atom. The second-order valence-electron chi connectivity index (χ2n) is 2.99. The Hall–Kier alpha value is -1.06. The normalized spacial score (nSPS) is 21.3. The summed E-state index contributed by atoms with van der Waals surface area (Å²) in [6, 6.07) is 0. The van der Waals surface area contributed by atoms with Crippen LogP contribution in [0.4, 0.5) is 0 Å². The van der Waals surface area contributed by atoms with Crippen molar-refractivity contribution in [3.63, 3.8) is 0 Å². The quantitative estimate of drug-likeness (QED) is 0.615. The van der Waals surface area contributed by atoms with Crippen LogP contribution < -0.4 is 0 Å². The average molecular weight is 186 g/mol. The van der Waals surface area contributed by atoms with Crippen LogP contribution in [0.2, 0.25) is 0 Å². The van der Waals surface area contributed by atoms with E-state index in [1.54, 1.807) is 6.92 Å². The van der Waals surface area contributed by atoms with E-state index in [0.29, 0.717) is 25.9 Å². The van der Waals surface area contributed by atoms with E-state index in [4.69, 9.17) is 9.47 Å². The zero-order valence-corrected chi connectivity index (χ0v) is 7.75. The molecule has 13 heavy (non-hydrogen) atoms. The summed E-state index contributed by atoms with van der Waals surface area (Å²) in [4.78, 5) is 21.6. The lowest BCUT2D eigenvalue weighted by Crippen LogP contribution is -2.11. The molecule has 0 aromatic heterocycles. The van der Waals surface area contributed by atoms with Crippen LogP contribution in [0, 0.1) is 0 Å². The van der Waals surface area contributed by atoms with Gasteiger partial charge in [0, 0.05) is 12.8 Å². The average Bonchev–Trinajstić information content (AvgIpc) is 2.49. The molecule has 0 aromatic carbocycles. The molecule has 0 spiro atoms. The first-order chi connectivity index (χ1) is 6.22. The van der Waals surface area contributed by atoms with E-state index in [9.17, 15) is 9.59 Å². The number of hydrogen-bond acceptors (Lipinski definition) is 4. The zero-order chi connectivity index (χ0) is 9.68. The largest absolute Gasteiger partial charge is 0.466 e. The van der Waals surface area contributed by atoms with Gasteiger partial charge in [0.25, 0.3) is 0 Å². The summed E-state index contributed by atoms with van der Waals surface area (Å²) < 4.78 is 9.69. The second kappa shape index (κ2) is 4.84. The van der Waals surface area contributed by atoms with Gasteiger partial charge in [-0.05, 0) is 19.8 Å². The van der Waals surface area contributed by atoms with E-state index in [0.717, 1.165) is 6.42 Å². The van der Waals surface area contributed by atoms with Gasteiger partial charge in [-0.25, -0.2) is 0 Å². The Morgan fingerprint density at radius 2 is 2.46 bits per heavy atom. The smallest absolute Gasteiger partial charge is 0.306 e. The van der Waals surface area contributed by atoms with Gasteiger partial charge in [-0.1, -0.05) is 0 Å². The van der Waals surface area contributed by atoms with E-state index in [1.807, 2.05) is 0 Å². The molecule has 4 nitrogen and oxygen atoms in total. The van der Waals surface area contributed by atoms with Gasteiger partial charge in [-0.2, -0.15) is 0 Å². The van der Waals surface area contributed by atoms with Crippen molar-refractivity contribution in [3.8, 4) is 0 Å². The molecule has 1 atom stereocenters. The standard InChI is InChI=1S/C9H14O4/c1-2-12-8(10)5-3-7-4-6-9(11)13-7/h7H,2-6H2,1H3/t7-/m0/s1. The van der Waals surface area contributed by atoms with Crippen molar-refractivity contribution in [2.75, 3.05) is 6.61 Å². The fourth-order valence-corrected chi connectivity index (χ4v) is 1.30. The molecule has 0 radical (unpaired) electrons. The van der Waals surface area contributed by atoms with Crippen LogP contribution in [0.3, 0.4) is 0 Å². The number of carbonyl (C=O) groups excluding carboxylic acids is 2. The number of esters is 2. The zero-order valence-electron chi connectivity index (χ0n) is 7.75. The summed E-state index contributed by atoms with van der Waals surface area (Å²) in [5.41, 5.74) is 0. The van der Waals surface area contributed by atoms with Gasteiger partial charge in [0.2, 0.25) is 0 Å². The molecule has 0 amide bonds. The maximum absolute atomic E-state index is 10.9. The predicted molar refractivity (Wildman–Crippen MR) is 45.0 cm³/mol. The van der Waals surface area contributed by atoms with Gasteiger partial charge in [0.1, 0.15) is 6.10 Å². The molecule has 1 fully saturated rings. The molecule has 1 aliphatic heterocycles. The monoisotopic (exact) mass is 186 g/mol. The Morgan fingerprint density at radius 1 is 1.69 bits per heavy atom. The summed E-state index contributed by atoms with van der Waals surface area (Å²) >= 11 is 0. The fourth-order valence-electron chi connectivity index (χ4n) is 1.30. The van der Waals surface area contributed by atoms with Crippen molar-refractivity contribution in [3.05, 3.63) is 0 Å². The van der Waals surface area contributed by atoms with Gasteiger partial charge in [-0.15, -0.1) is 0 Å². The third kappa shape index (κ3) is 3.44. The van der Waals surface area contributed by atoms with E-state index >= 15 is 0 Å². The van der Waals surface area contributed by atoms with Crippen molar-refractivity contribution < 1.29 is 19.1 Å². The lowest BCUT2D eigenvalue weighted by Gasteiger charge is -2.07. The van der Waals surface area contributed by atoms with Gasteiger partial charge >= 0.3 is 11.9 Å². The summed E-state index contributed by atoms with van der Waals surface area (Å²) in [5.74, 6) is -0.376. The van der Waals surface area contributed by atoms with Gasteiger partial charge < -0.3 is 9.47 Å². The number of hydrogen-bond donors (Lipinski definition) is 0. The van der Waals surface area contributed by atoms with Crippen molar-refractivity contribution in [1.82, 2.24) is 0 Å². The number of rotatable bonds is 4. The van der Waals surface area contributed by atoms with Gasteiger partial charge in [-0.3, -0.25) is 9.59 Å². The van der Waals surface area contributed by atoms with Crippen molar-refractivity contribution in [2.45, 2.75) is 38.7 Å². The Kier molecular flexibility index (Phi) is 3.73. The molecule has 74 valence electrons. The number of cyclic esters (lactones) is 1. The van der Waals surface area contributed by atoms with Crippen molar-refractivity contribution in [2.24, 2.45) is 0 Å². The Bertz CT molecular complexity index is 200. The van der Waals surface area contributed by atoms with Crippen LogP contribution in [0.25, 0.3) is 0 Å². The highest BCUT2D eigenvalue weighted by atomic mass is 16.6. The molecule has 1 heterocycles. The molecule has 0 saturated carbocycles. The molecule has 0 bridgehead atoms. The van der Waals surface area contributed by atoms with E-state index in [-0.39, 0.29) is 18.0 Å². The first kappa shape index (κ1) is 10.0. The predicted octanol–water partition coefficient (Wildman–Crippen LogP) is 1.04. The first-order valence-electron chi connectivity index (χ1n) is 4.57. The molecule has 1 rings (SSSR count). The van der Waals surface area contributed by atoms with E-state index < -0.39 is 0 Å². The molecule has 0 unspecified atom stereocenters. The molecule has 0 aromatic rings. The molecular formula is C9H14O4. The van der Waals surface area contributed by atoms with E-state index in [1.165, 1.54) is 0 Å². The maximum Gasteiger partial charge on any atom is 0.306 e. The van der Waals surface area contributed by atoms with Crippen LogP contribution in [0.1, 0.15) is 32.6 Å². The summed E-state index contributed by atoms with van der Waals surface area (Å²) in [7, 11) is 0. The number of carbonyl (C=O) groups is 2. The lowest BCUT2D eigenvalue weighted by molar-refractivity contribution is -0.146. The summed E-state index contributed by atoms with van der Waals surface area (Å²) in [6.45, 7) is 2.18. The first-order valence-corrected chi connectivity index (χ1v) is 4.57. The fraction of sp³-hybridized carbons (Fsp3) is 0.778. The molecule has 4 heteroatoms. The topological polar surface area (TPSA) is 52.6 Å². The summed E-state index contributed by atoms with van der Waals surface area (Å²) in [6.07, 6.45) is 2.07. The molecule has 0 aliphatic carbocycles. The van der Waals surface area contributed by atoms with E-state index in [2.05, 4.69) is 0 Å². The minimum atomic E-state index is -0.217. The van der Waals surface area contributed by atoms with Gasteiger partial charge in [0.05, 0.1) is 6.61 Å². The maximum atomic E-state index is 10.9. The van der Waals surface area contributed by atoms with Gasteiger partial charge in [0.15, 0.2) is 0 Å². The second-order valence-corrected chi connectivity index (χ2v) is 2.99. The minimum absolute atomic E-state index is 0.0723. The molecule has 1 aliphatic rings. The van der Waals surface area contributed by atoms with Crippen LogP contribution in [-0.2, 0) is 19.1 Å². The van der Waals surface area contributed by atoms with Crippen molar-refractivity contribution in [1.29, 1.82) is 0 Å². The SMILES string of the molecule is CCOC(=O)CC[C@H]1CCC(=O)O1. The van der Waals surface area contributed by atoms with Crippen LogP contribution in [-0.4, -0.2) is 24.6 Å². The van der Waals surface area contributed by atoms with Crippen LogP contribution >= 0.6 is 0 Å². The van der Waals surface area contributed by atoms with Crippen molar-refractivity contribution >= 4 is 11.9 Å². The van der Waals surface area contributed by atoms with Crippen LogP contribution in [0.15, 0.2) is 0 Å².